The van der Waals surface area contributed by atoms with E-state index in [1.807, 2.05) is 60.7 Å². The maximum atomic E-state index is 13.2. The van der Waals surface area contributed by atoms with Gasteiger partial charge in [-0.2, -0.15) is 43.4 Å². The average molecular weight is 947 g/mol. The highest BCUT2D eigenvalue weighted by Crippen LogP contribution is 2.33. The molecule has 24 heteroatoms. The van der Waals surface area contributed by atoms with Crippen LogP contribution >= 0.6 is 24.1 Å². The van der Waals surface area contributed by atoms with Gasteiger partial charge in [0.2, 0.25) is 0 Å². The fraction of sp³-hybridized carbons (Fsp3) is 0.154. The van der Waals surface area contributed by atoms with Crippen molar-refractivity contribution in [2.24, 2.45) is 0 Å². The molecule has 0 fully saturated rings. The first kappa shape index (κ1) is 50.1. The van der Waals surface area contributed by atoms with Gasteiger partial charge in [0.1, 0.15) is 36.4 Å². The van der Waals surface area contributed by atoms with Crippen LogP contribution < -0.4 is 15.3 Å². The number of esters is 3. The molecular formula is C39H28F6O15S3-2. The van der Waals surface area contributed by atoms with E-state index in [0.717, 1.165) is 27.1 Å². The zero-order valence-corrected chi connectivity index (χ0v) is 33.9. The smallest absolute Gasteiger partial charge is 0.466 e. The van der Waals surface area contributed by atoms with Crippen LogP contribution in [0, 0.1) is 0 Å². The first-order valence-corrected chi connectivity index (χ1v) is 20.1. The van der Waals surface area contributed by atoms with E-state index in [1.54, 1.807) is 48.5 Å². The average Bonchev–Trinajstić information content (AvgIpc) is 3.27. The molecular weight excluding hydrogens is 919 g/mol. The highest BCUT2D eigenvalue weighted by Gasteiger charge is 2.54. The Bertz CT molecular complexity index is 2600. The van der Waals surface area contributed by atoms with E-state index in [2.05, 4.69) is 33.0 Å². The van der Waals surface area contributed by atoms with Crippen molar-refractivity contribution in [3.8, 4) is 5.75 Å². The summed E-state index contributed by atoms with van der Waals surface area (Å²) in [6, 6.07) is 36.5. The zero-order valence-electron chi connectivity index (χ0n) is 31.4. The Morgan fingerprint density at radius 3 is 1.48 bits per heavy atom. The topological polar surface area (TPSA) is 216 Å². The van der Waals surface area contributed by atoms with Crippen molar-refractivity contribution in [2.45, 2.75) is 28.8 Å². The minimum absolute atomic E-state index is 0.221. The van der Waals surface area contributed by atoms with Gasteiger partial charge in [-0.05, 0) is 44.1 Å². The van der Waals surface area contributed by atoms with Crippen molar-refractivity contribution in [2.75, 3.05) is 6.61 Å². The molecule has 15 nitrogen and oxygen atoms in total. The number of rotatable bonds is 16. The van der Waals surface area contributed by atoms with Crippen molar-refractivity contribution >= 4 is 84.4 Å². The molecule has 6 rings (SSSR count). The summed E-state index contributed by atoms with van der Waals surface area (Å²) in [5, 5.41) is 16.1. The lowest BCUT2D eigenvalue weighted by Gasteiger charge is -2.14. The van der Waals surface area contributed by atoms with Gasteiger partial charge in [0.25, 0.3) is 0 Å². The standard InChI is InChI=1S/C14H12F2O5S.C13H10F2O5S.C12H8F2O5S/c15-14(16,22-21-20-18)13(17)19-9-8-11-6-3-5-10-4-1-2-7-12(10)11;14-13(15,21-20-19-17)12(16)18-8-10-6-3-5-9-4-1-2-7-11(9)10;13-12(14,20(16,17)18)11(15)19-10-7-3-5-8-4-1-2-6-9(8)10/h1-7,18H,8-9H2;1-7,17H,8H2;1-7H,(H,16,17,18)/p-2. The van der Waals surface area contributed by atoms with Crippen LogP contribution in [0.4, 0.5) is 26.3 Å². The van der Waals surface area contributed by atoms with Gasteiger partial charge in [0, 0.05) is 11.8 Å². The fourth-order valence-corrected chi connectivity index (χ4v) is 5.96. The number of hydrogen-bond donors (Lipinski definition) is 1. The van der Waals surface area contributed by atoms with E-state index in [9.17, 15) is 59.7 Å². The minimum atomic E-state index is -5.88. The molecule has 6 aromatic carbocycles. The lowest BCUT2D eigenvalue weighted by molar-refractivity contribution is -0.777. The molecule has 0 unspecified atom stereocenters. The highest BCUT2D eigenvalue weighted by molar-refractivity contribution is 7.96. The van der Waals surface area contributed by atoms with Crippen molar-refractivity contribution in [3.05, 3.63) is 139 Å². The van der Waals surface area contributed by atoms with Gasteiger partial charge in [0.15, 0.2) is 0 Å². The van der Waals surface area contributed by atoms with Crippen molar-refractivity contribution in [3.63, 3.8) is 0 Å². The first-order chi connectivity index (χ1) is 29.8. The molecule has 1 N–H and O–H groups in total. The molecule has 6 aromatic rings. The quantitative estimate of drug-likeness (QED) is 0.0197. The molecule has 0 aliphatic carbocycles. The Kier molecular flexibility index (Phi) is 18.1. The predicted molar refractivity (Wildman–Crippen MR) is 208 cm³/mol. The van der Waals surface area contributed by atoms with E-state index >= 15 is 0 Å². The van der Waals surface area contributed by atoms with E-state index in [-0.39, 0.29) is 25.4 Å². The second kappa shape index (κ2) is 22.7. The van der Waals surface area contributed by atoms with Crippen LogP contribution in [0.25, 0.3) is 32.3 Å². The molecule has 63 heavy (non-hydrogen) atoms. The second-order valence-corrected chi connectivity index (χ2v) is 15.2. The summed E-state index contributed by atoms with van der Waals surface area (Å²) in [5.41, 5.74) is 1.46. The lowest BCUT2D eigenvalue weighted by Crippen LogP contribution is -2.40. The number of fused-ring (bicyclic) bond motifs is 3. The third-order valence-corrected chi connectivity index (χ3v) is 9.86. The zero-order chi connectivity index (χ0) is 46.3. The number of carbonyl (C=O) groups excluding carboxylic acids is 3. The molecule has 0 amide bonds. The molecule has 0 bridgehead atoms. The van der Waals surface area contributed by atoms with Crippen LogP contribution in [-0.4, -0.2) is 53.2 Å². The Morgan fingerprint density at radius 2 is 0.968 bits per heavy atom. The normalized spacial score (nSPS) is 11.8. The number of alkyl halides is 6. The molecule has 0 atom stereocenters. The maximum absolute atomic E-state index is 13.2. The van der Waals surface area contributed by atoms with Crippen molar-refractivity contribution < 1.29 is 97.2 Å². The molecule has 0 aromatic heterocycles. The summed E-state index contributed by atoms with van der Waals surface area (Å²) in [6.07, 6.45) is 0.284. The summed E-state index contributed by atoms with van der Waals surface area (Å²) < 4.78 is 128. The SMILES string of the molecule is O=C(OCCc1cccc2ccccc12)C(F)(F)SOO[O-].O=C(OCc1cccc2ccccc12)C(F)(F)SOO[O-].O=C(Oc1cccc2ccccc12)C(F)(F)S(=O)(=O)O. The van der Waals surface area contributed by atoms with E-state index in [0.29, 0.717) is 16.3 Å². The number of halogens is 6. The summed E-state index contributed by atoms with van der Waals surface area (Å²) in [4.78, 5) is 33.7. The van der Waals surface area contributed by atoms with Gasteiger partial charge in [-0.25, -0.2) is 14.4 Å². The van der Waals surface area contributed by atoms with Crippen LogP contribution in [0.3, 0.4) is 0 Å². The second-order valence-electron chi connectivity index (χ2n) is 12.1. The van der Waals surface area contributed by atoms with Crippen molar-refractivity contribution in [1.29, 1.82) is 0 Å². The van der Waals surface area contributed by atoms with Gasteiger partial charge in [-0.15, -0.1) is 0 Å². The summed E-state index contributed by atoms with van der Waals surface area (Å²) in [7, 11) is -5.88. The molecule has 0 spiro atoms. The van der Waals surface area contributed by atoms with Crippen LogP contribution in [0.5, 0.6) is 5.75 Å². The molecule has 336 valence electrons. The van der Waals surface area contributed by atoms with Crippen LogP contribution in [-0.2, 0) is 65.7 Å². The minimum Gasteiger partial charge on any atom is -0.691 e. The third kappa shape index (κ3) is 14.0. The van der Waals surface area contributed by atoms with E-state index in [1.165, 1.54) is 18.2 Å². The molecule has 0 aliphatic heterocycles. The van der Waals surface area contributed by atoms with Gasteiger partial charge >= 0.3 is 43.8 Å². The lowest BCUT2D eigenvalue weighted by atomic mass is 10.0. The Labute approximate surface area is 360 Å². The van der Waals surface area contributed by atoms with Gasteiger partial charge in [-0.3, -0.25) is 14.6 Å². The fourth-order valence-electron chi connectivity index (χ4n) is 5.22. The Morgan fingerprint density at radius 1 is 0.556 bits per heavy atom. The Hall–Kier alpha value is -5.54. The van der Waals surface area contributed by atoms with E-state index < -0.39 is 67.9 Å². The Balaban J connectivity index is 0.000000208. The largest absolute Gasteiger partial charge is 0.691 e. The van der Waals surface area contributed by atoms with Crippen LogP contribution in [0.1, 0.15) is 11.1 Å². The number of carbonyl (C=O) groups is 3. The monoisotopic (exact) mass is 946 g/mol. The molecule has 0 radical (unpaired) electrons. The van der Waals surface area contributed by atoms with Gasteiger partial charge in [0.05, 0.1) is 6.61 Å². The number of hydrogen-bond acceptors (Lipinski definition) is 16. The summed E-state index contributed by atoms with van der Waals surface area (Å²) >= 11 is -1.42. The van der Waals surface area contributed by atoms with Crippen LogP contribution in [0.2, 0.25) is 0 Å². The molecule has 0 saturated heterocycles. The molecule has 0 heterocycles. The van der Waals surface area contributed by atoms with Crippen LogP contribution in [0.15, 0.2) is 127 Å². The molecule has 0 saturated carbocycles. The van der Waals surface area contributed by atoms with Crippen molar-refractivity contribution in [1.82, 2.24) is 0 Å². The van der Waals surface area contributed by atoms with Gasteiger partial charge in [-0.1, -0.05) is 121 Å². The van der Waals surface area contributed by atoms with Gasteiger partial charge < -0.3 is 24.7 Å². The van der Waals surface area contributed by atoms with E-state index in [4.69, 9.17) is 4.55 Å². The summed E-state index contributed by atoms with van der Waals surface area (Å²) in [6.45, 7) is -0.546. The predicted octanol–water partition coefficient (Wildman–Crippen LogP) is 6.96. The highest BCUT2D eigenvalue weighted by atomic mass is 32.2. The maximum Gasteiger partial charge on any atom is 0.466 e. The molecule has 0 aliphatic rings. The number of ether oxygens (including phenoxy) is 3. The summed E-state index contributed by atoms with van der Waals surface area (Å²) in [5.74, 6) is -6.21. The number of benzene rings is 6. The first-order valence-electron chi connectivity index (χ1n) is 17.2. The third-order valence-electron chi connectivity index (χ3n) is 8.05.